The molecule has 4 rings (SSSR count). The van der Waals surface area contributed by atoms with Gasteiger partial charge < -0.3 is 4.52 Å². The maximum absolute atomic E-state index is 5.35. The molecule has 2 aliphatic carbocycles. The third-order valence-electron chi connectivity index (χ3n) is 4.75. The van der Waals surface area contributed by atoms with Crippen LogP contribution in [0.15, 0.2) is 28.8 Å². The van der Waals surface area contributed by atoms with Gasteiger partial charge >= 0.3 is 0 Å². The van der Waals surface area contributed by atoms with Gasteiger partial charge in [-0.1, -0.05) is 29.4 Å². The first-order valence-corrected chi connectivity index (χ1v) is 7.89. The molecule has 1 heterocycles. The number of aromatic nitrogens is 2. The zero-order chi connectivity index (χ0) is 14.2. The molecule has 0 spiro atoms. The predicted molar refractivity (Wildman–Crippen MR) is 80.0 cm³/mol. The number of rotatable bonds is 4. The van der Waals surface area contributed by atoms with Gasteiger partial charge in [0.15, 0.2) is 5.82 Å². The molecule has 1 aromatic heterocycles. The Morgan fingerprint density at radius 2 is 2.00 bits per heavy atom. The first-order chi connectivity index (χ1) is 10.3. The van der Waals surface area contributed by atoms with Crippen LogP contribution in [0.3, 0.4) is 0 Å². The van der Waals surface area contributed by atoms with Crippen LogP contribution in [0.2, 0.25) is 0 Å². The monoisotopic (exact) mass is 283 g/mol. The molecule has 0 N–H and O–H groups in total. The number of aryl methyl sites for hydroxylation is 1. The summed E-state index contributed by atoms with van der Waals surface area (Å²) in [5, 5.41) is 4.13. The largest absolute Gasteiger partial charge is 0.339 e. The third kappa shape index (κ3) is 2.72. The molecular weight excluding hydrogens is 262 g/mol. The standard InChI is InChI=1S/C17H21N3O/c1-20(11-16-18-17(21-19-16)13-6-7-13)15-9-8-12-4-2-3-5-14(12)10-15/h2-5,13,15H,6-11H2,1H3/t15-/m0/s1. The molecule has 0 radical (unpaired) electrons. The van der Waals surface area contributed by atoms with Crippen LogP contribution in [0.1, 0.15) is 48.0 Å². The van der Waals surface area contributed by atoms with E-state index < -0.39 is 0 Å². The van der Waals surface area contributed by atoms with E-state index in [2.05, 4.69) is 46.4 Å². The summed E-state index contributed by atoms with van der Waals surface area (Å²) >= 11 is 0. The van der Waals surface area contributed by atoms with Crippen LogP contribution in [0.25, 0.3) is 0 Å². The lowest BCUT2D eigenvalue weighted by Gasteiger charge is -2.31. The number of hydrogen-bond donors (Lipinski definition) is 0. The summed E-state index contributed by atoms with van der Waals surface area (Å²) in [5.41, 5.74) is 3.00. The van der Waals surface area contributed by atoms with Gasteiger partial charge in [0.05, 0.1) is 6.54 Å². The quantitative estimate of drug-likeness (QED) is 0.865. The van der Waals surface area contributed by atoms with E-state index in [0.717, 1.165) is 24.7 Å². The molecule has 0 aliphatic heterocycles. The van der Waals surface area contributed by atoms with Crippen molar-refractivity contribution >= 4 is 0 Å². The van der Waals surface area contributed by atoms with E-state index in [9.17, 15) is 0 Å². The Morgan fingerprint density at radius 3 is 2.81 bits per heavy atom. The molecule has 1 aromatic carbocycles. The summed E-state index contributed by atoms with van der Waals surface area (Å²) < 4.78 is 5.35. The van der Waals surface area contributed by atoms with Crippen molar-refractivity contribution < 1.29 is 4.52 Å². The molecule has 21 heavy (non-hydrogen) atoms. The molecule has 0 unspecified atom stereocenters. The van der Waals surface area contributed by atoms with Crippen LogP contribution in [0, 0.1) is 0 Å². The Kier molecular flexibility index (Phi) is 3.26. The number of fused-ring (bicyclic) bond motifs is 1. The van der Waals surface area contributed by atoms with Crippen LogP contribution in [0.4, 0.5) is 0 Å². The fourth-order valence-electron chi connectivity index (χ4n) is 3.23. The minimum atomic E-state index is 0.540. The summed E-state index contributed by atoms with van der Waals surface area (Å²) in [6.07, 6.45) is 5.92. The molecule has 0 saturated heterocycles. The highest BCUT2D eigenvalue weighted by Crippen LogP contribution is 2.38. The zero-order valence-corrected chi connectivity index (χ0v) is 12.5. The lowest BCUT2D eigenvalue weighted by atomic mass is 9.88. The molecule has 0 bridgehead atoms. The Labute approximate surface area is 125 Å². The van der Waals surface area contributed by atoms with Crippen molar-refractivity contribution in [3.8, 4) is 0 Å². The lowest BCUT2D eigenvalue weighted by Crippen LogP contribution is -2.36. The van der Waals surface area contributed by atoms with E-state index >= 15 is 0 Å². The maximum Gasteiger partial charge on any atom is 0.229 e. The second kappa shape index (κ2) is 5.26. The minimum Gasteiger partial charge on any atom is -0.339 e. The molecule has 2 aromatic rings. The van der Waals surface area contributed by atoms with Gasteiger partial charge in [0.25, 0.3) is 0 Å². The van der Waals surface area contributed by atoms with Crippen LogP contribution < -0.4 is 0 Å². The first kappa shape index (κ1) is 13.0. The zero-order valence-electron chi connectivity index (χ0n) is 12.5. The van der Waals surface area contributed by atoms with Gasteiger partial charge in [-0.2, -0.15) is 4.98 Å². The SMILES string of the molecule is CN(Cc1noc(C2CC2)n1)[C@H]1CCc2ccccc2C1. The van der Waals surface area contributed by atoms with Crippen molar-refractivity contribution in [3.05, 3.63) is 47.1 Å². The summed E-state index contributed by atoms with van der Waals surface area (Å²) in [6, 6.07) is 9.37. The fraction of sp³-hybridized carbons (Fsp3) is 0.529. The molecule has 2 aliphatic rings. The van der Waals surface area contributed by atoms with Crippen LogP contribution in [-0.4, -0.2) is 28.1 Å². The minimum absolute atomic E-state index is 0.540. The summed E-state index contributed by atoms with van der Waals surface area (Å²) in [7, 11) is 2.17. The molecular formula is C17H21N3O. The molecule has 4 heteroatoms. The summed E-state index contributed by atoms with van der Waals surface area (Å²) in [6.45, 7) is 0.781. The van der Waals surface area contributed by atoms with Gasteiger partial charge in [0.1, 0.15) is 0 Å². The Bertz CT molecular complexity index is 632. The highest BCUT2D eigenvalue weighted by atomic mass is 16.5. The number of nitrogens with zero attached hydrogens (tertiary/aromatic N) is 3. The second-order valence-corrected chi connectivity index (χ2v) is 6.40. The Hall–Kier alpha value is -1.68. The predicted octanol–water partition coefficient (Wildman–Crippen LogP) is 2.94. The molecule has 1 saturated carbocycles. The molecule has 1 atom stereocenters. The van der Waals surface area contributed by atoms with E-state index in [-0.39, 0.29) is 0 Å². The van der Waals surface area contributed by atoms with Crippen molar-refractivity contribution in [1.29, 1.82) is 0 Å². The van der Waals surface area contributed by atoms with Crippen molar-refractivity contribution in [3.63, 3.8) is 0 Å². The number of likely N-dealkylation sites (N-methyl/N-ethyl adjacent to an activating group) is 1. The van der Waals surface area contributed by atoms with E-state index in [1.165, 1.54) is 36.8 Å². The Balaban J connectivity index is 1.41. The van der Waals surface area contributed by atoms with E-state index in [1.54, 1.807) is 0 Å². The average molecular weight is 283 g/mol. The first-order valence-electron chi connectivity index (χ1n) is 7.89. The van der Waals surface area contributed by atoms with Crippen molar-refractivity contribution in [1.82, 2.24) is 15.0 Å². The second-order valence-electron chi connectivity index (χ2n) is 6.40. The average Bonchev–Trinajstić information content (AvgIpc) is 3.27. The van der Waals surface area contributed by atoms with E-state index in [0.29, 0.717) is 12.0 Å². The van der Waals surface area contributed by atoms with Crippen LogP contribution in [-0.2, 0) is 19.4 Å². The van der Waals surface area contributed by atoms with E-state index in [4.69, 9.17) is 4.52 Å². The number of benzene rings is 1. The lowest BCUT2D eigenvalue weighted by molar-refractivity contribution is 0.206. The topological polar surface area (TPSA) is 42.2 Å². The van der Waals surface area contributed by atoms with Gasteiger partial charge in [-0.3, -0.25) is 4.90 Å². The maximum atomic E-state index is 5.35. The Morgan fingerprint density at radius 1 is 1.19 bits per heavy atom. The van der Waals surface area contributed by atoms with Crippen molar-refractivity contribution in [2.45, 2.75) is 50.6 Å². The normalized spacial score (nSPS) is 21.5. The van der Waals surface area contributed by atoms with Crippen LogP contribution in [0.5, 0.6) is 0 Å². The number of hydrogen-bond acceptors (Lipinski definition) is 4. The van der Waals surface area contributed by atoms with Crippen LogP contribution >= 0.6 is 0 Å². The van der Waals surface area contributed by atoms with Gasteiger partial charge in [-0.25, -0.2) is 0 Å². The molecule has 0 amide bonds. The molecule has 1 fully saturated rings. The van der Waals surface area contributed by atoms with Gasteiger partial charge in [-0.15, -0.1) is 0 Å². The van der Waals surface area contributed by atoms with Crippen molar-refractivity contribution in [2.24, 2.45) is 0 Å². The van der Waals surface area contributed by atoms with E-state index in [1.807, 2.05) is 0 Å². The molecule has 4 nitrogen and oxygen atoms in total. The van der Waals surface area contributed by atoms with Crippen molar-refractivity contribution in [2.75, 3.05) is 7.05 Å². The highest BCUT2D eigenvalue weighted by Gasteiger charge is 2.30. The molecule has 110 valence electrons. The van der Waals surface area contributed by atoms with Gasteiger partial charge in [-0.05, 0) is 50.3 Å². The third-order valence-corrected chi connectivity index (χ3v) is 4.75. The highest BCUT2D eigenvalue weighted by molar-refractivity contribution is 5.30. The van der Waals surface area contributed by atoms with Gasteiger partial charge in [0, 0.05) is 12.0 Å². The summed E-state index contributed by atoms with van der Waals surface area (Å²) in [5.74, 6) is 2.21. The van der Waals surface area contributed by atoms with Gasteiger partial charge in [0.2, 0.25) is 5.89 Å². The fourth-order valence-corrected chi connectivity index (χ4v) is 3.23. The smallest absolute Gasteiger partial charge is 0.229 e. The summed E-state index contributed by atoms with van der Waals surface area (Å²) in [4.78, 5) is 6.90.